The molecule has 0 saturated heterocycles. The second-order valence-corrected chi connectivity index (χ2v) is 5.42. The van der Waals surface area contributed by atoms with Crippen molar-refractivity contribution >= 4 is 11.3 Å². The molecule has 0 amide bonds. The van der Waals surface area contributed by atoms with Gasteiger partial charge in [-0.1, -0.05) is 37.6 Å². The van der Waals surface area contributed by atoms with Gasteiger partial charge < -0.3 is 5.32 Å². The number of benzene rings is 1. The van der Waals surface area contributed by atoms with Gasteiger partial charge in [-0.15, -0.1) is 11.3 Å². The van der Waals surface area contributed by atoms with Crippen LogP contribution in [0.1, 0.15) is 36.9 Å². The van der Waals surface area contributed by atoms with Gasteiger partial charge in [0.15, 0.2) is 0 Å². The van der Waals surface area contributed by atoms with Crippen LogP contribution in [0.15, 0.2) is 29.6 Å². The van der Waals surface area contributed by atoms with E-state index in [9.17, 15) is 0 Å². The minimum absolute atomic E-state index is 0.322. The molecule has 0 saturated carbocycles. The van der Waals surface area contributed by atoms with Crippen molar-refractivity contribution in [3.8, 4) is 11.3 Å². The first-order chi connectivity index (χ1) is 8.74. The maximum absolute atomic E-state index is 4.68. The van der Waals surface area contributed by atoms with Gasteiger partial charge in [0.05, 0.1) is 11.7 Å². The third-order valence-electron chi connectivity index (χ3n) is 3.11. The number of aryl methyl sites for hydroxylation is 1. The highest BCUT2D eigenvalue weighted by molar-refractivity contribution is 7.10. The Labute approximate surface area is 113 Å². The fourth-order valence-corrected chi connectivity index (χ4v) is 2.77. The molecule has 1 heterocycles. The van der Waals surface area contributed by atoms with Gasteiger partial charge in [0.1, 0.15) is 5.01 Å². The maximum atomic E-state index is 4.68. The summed E-state index contributed by atoms with van der Waals surface area (Å²) in [6.45, 7) is 4.34. The lowest BCUT2D eigenvalue weighted by Crippen LogP contribution is -2.11. The van der Waals surface area contributed by atoms with Gasteiger partial charge in [0, 0.05) is 10.9 Å². The summed E-state index contributed by atoms with van der Waals surface area (Å²) >= 11 is 1.72. The van der Waals surface area contributed by atoms with Crippen LogP contribution >= 0.6 is 11.3 Å². The Morgan fingerprint density at radius 2 is 2.00 bits per heavy atom. The molecule has 0 aliphatic heterocycles. The third kappa shape index (κ3) is 2.98. The Morgan fingerprint density at radius 3 is 2.61 bits per heavy atom. The first kappa shape index (κ1) is 13.2. The predicted molar refractivity (Wildman–Crippen MR) is 79.0 cm³/mol. The number of hydrogen-bond donors (Lipinski definition) is 1. The van der Waals surface area contributed by atoms with Crippen molar-refractivity contribution < 1.29 is 0 Å². The summed E-state index contributed by atoms with van der Waals surface area (Å²) in [7, 11) is 1.96. The molecule has 2 aromatic rings. The highest BCUT2D eigenvalue weighted by Crippen LogP contribution is 2.25. The van der Waals surface area contributed by atoms with Crippen molar-refractivity contribution in [2.24, 2.45) is 0 Å². The molecule has 0 bridgehead atoms. The molecular formula is C15H20N2S. The summed E-state index contributed by atoms with van der Waals surface area (Å²) < 4.78 is 0. The van der Waals surface area contributed by atoms with Crippen LogP contribution in [-0.2, 0) is 6.42 Å². The van der Waals surface area contributed by atoms with Gasteiger partial charge in [0.2, 0.25) is 0 Å². The lowest BCUT2D eigenvalue weighted by atomic mass is 10.1. The van der Waals surface area contributed by atoms with Crippen molar-refractivity contribution in [3.05, 3.63) is 40.2 Å². The van der Waals surface area contributed by atoms with E-state index >= 15 is 0 Å². The minimum Gasteiger partial charge on any atom is -0.311 e. The van der Waals surface area contributed by atoms with Crippen LogP contribution in [0, 0.1) is 0 Å². The summed E-state index contributed by atoms with van der Waals surface area (Å²) in [6, 6.07) is 9.09. The Morgan fingerprint density at radius 1 is 1.28 bits per heavy atom. The second-order valence-electron chi connectivity index (χ2n) is 4.53. The van der Waals surface area contributed by atoms with E-state index in [0.717, 1.165) is 17.1 Å². The fraction of sp³-hybridized carbons (Fsp3) is 0.400. The molecule has 2 nitrogen and oxygen atoms in total. The third-order valence-corrected chi connectivity index (χ3v) is 4.14. The molecule has 0 spiro atoms. The number of nitrogens with one attached hydrogen (secondary N) is 1. The van der Waals surface area contributed by atoms with Crippen LogP contribution in [0.4, 0.5) is 0 Å². The first-order valence-electron chi connectivity index (χ1n) is 6.46. The molecule has 1 aromatic heterocycles. The van der Waals surface area contributed by atoms with E-state index in [1.807, 2.05) is 7.05 Å². The molecule has 1 unspecified atom stereocenters. The van der Waals surface area contributed by atoms with Gasteiger partial charge in [0.25, 0.3) is 0 Å². The van der Waals surface area contributed by atoms with Crippen molar-refractivity contribution in [1.82, 2.24) is 10.3 Å². The van der Waals surface area contributed by atoms with Crippen LogP contribution < -0.4 is 5.32 Å². The molecule has 1 atom stereocenters. The number of rotatable bonds is 5. The van der Waals surface area contributed by atoms with Crippen molar-refractivity contribution in [2.75, 3.05) is 7.05 Å². The molecule has 3 heteroatoms. The zero-order valence-electron chi connectivity index (χ0n) is 11.2. The van der Waals surface area contributed by atoms with Gasteiger partial charge >= 0.3 is 0 Å². The van der Waals surface area contributed by atoms with E-state index in [1.165, 1.54) is 17.5 Å². The van der Waals surface area contributed by atoms with Crippen molar-refractivity contribution in [1.29, 1.82) is 0 Å². The van der Waals surface area contributed by atoms with Gasteiger partial charge in [-0.25, -0.2) is 4.98 Å². The van der Waals surface area contributed by atoms with Gasteiger partial charge in [-0.3, -0.25) is 0 Å². The lowest BCUT2D eigenvalue weighted by molar-refractivity contribution is 0.648. The highest BCUT2D eigenvalue weighted by Gasteiger charge is 2.09. The first-order valence-corrected chi connectivity index (χ1v) is 7.34. The molecule has 0 aliphatic rings. The molecule has 1 aromatic carbocycles. The highest BCUT2D eigenvalue weighted by atomic mass is 32.1. The molecule has 0 fully saturated rings. The Kier molecular flexibility index (Phi) is 4.50. The largest absolute Gasteiger partial charge is 0.311 e. The van der Waals surface area contributed by atoms with Crippen molar-refractivity contribution in [2.45, 2.75) is 32.7 Å². The van der Waals surface area contributed by atoms with Crippen LogP contribution in [-0.4, -0.2) is 12.0 Å². The number of thiazole rings is 1. The number of aromatic nitrogens is 1. The number of nitrogens with zero attached hydrogens (tertiary/aromatic N) is 1. The Hall–Kier alpha value is -1.19. The van der Waals surface area contributed by atoms with Crippen LogP contribution in [0.3, 0.4) is 0 Å². The normalized spacial score (nSPS) is 12.6. The predicted octanol–water partition coefficient (Wildman–Crippen LogP) is 4.04. The average Bonchev–Trinajstić information content (AvgIpc) is 2.89. The smallest absolute Gasteiger partial charge is 0.110 e. The average molecular weight is 260 g/mol. The van der Waals surface area contributed by atoms with Crippen molar-refractivity contribution in [3.63, 3.8) is 0 Å². The standard InChI is InChI=1S/C15H20N2S/c1-4-5-12-6-8-13(9-7-12)14-10-18-15(17-14)11(2)16-3/h6-11,16H,4-5H2,1-3H3. The van der Waals surface area contributed by atoms with Crippen LogP contribution in [0.25, 0.3) is 11.3 Å². The van der Waals surface area contributed by atoms with Gasteiger partial charge in [-0.05, 0) is 26.0 Å². The monoisotopic (exact) mass is 260 g/mol. The summed E-state index contributed by atoms with van der Waals surface area (Å²) in [5.41, 5.74) is 3.70. The summed E-state index contributed by atoms with van der Waals surface area (Å²) in [5.74, 6) is 0. The second kappa shape index (κ2) is 6.12. The molecule has 0 aliphatic carbocycles. The van der Waals surface area contributed by atoms with E-state index in [4.69, 9.17) is 0 Å². The lowest BCUT2D eigenvalue weighted by Gasteiger charge is -2.04. The van der Waals surface area contributed by atoms with Crippen LogP contribution in [0.5, 0.6) is 0 Å². The van der Waals surface area contributed by atoms with E-state index in [1.54, 1.807) is 11.3 Å². The number of hydrogen-bond acceptors (Lipinski definition) is 3. The SMILES string of the molecule is CCCc1ccc(-c2csc(C(C)NC)n2)cc1. The zero-order chi connectivity index (χ0) is 13.0. The molecular weight excluding hydrogens is 240 g/mol. The minimum atomic E-state index is 0.322. The van der Waals surface area contributed by atoms with E-state index in [-0.39, 0.29) is 0 Å². The Balaban J connectivity index is 2.18. The molecule has 18 heavy (non-hydrogen) atoms. The molecule has 1 N–H and O–H groups in total. The van der Waals surface area contributed by atoms with E-state index in [2.05, 4.69) is 53.8 Å². The fourth-order valence-electron chi connectivity index (χ4n) is 1.87. The Bertz CT molecular complexity index is 487. The summed E-state index contributed by atoms with van der Waals surface area (Å²) in [6.07, 6.45) is 2.35. The summed E-state index contributed by atoms with van der Waals surface area (Å²) in [5, 5.41) is 6.50. The van der Waals surface area contributed by atoms with E-state index in [0.29, 0.717) is 6.04 Å². The molecule has 96 valence electrons. The maximum Gasteiger partial charge on any atom is 0.110 e. The zero-order valence-corrected chi connectivity index (χ0v) is 12.1. The molecule has 2 rings (SSSR count). The van der Waals surface area contributed by atoms with Gasteiger partial charge in [-0.2, -0.15) is 0 Å². The quantitative estimate of drug-likeness (QED) is 0.877. The van der Waals surface area contributed by atoms with E-state index < -0.39 is 0 Å². The molecule has 0 radical (unpaired) electrons. The van der Waals surface area contributed by atoms with Crippen LogP contribution in [0.2, 0.25) is 0 Å². The summed E-state index contributed by atoms with van der Waals surface area (Å²) in [4.78, 5) is 4.68. The topological polar surface area (TPSA) is 24.9 Å².